The van der Waals surface area contributed by atoms with Crippen LogP contribution in [0.2, 0.25) is 0 Å². The first kappa shape index (κ1) is 12.9. The molecule has 20 heavy (non-hydrogen) atoms. The van der Waals surface area contributed by atoms with Crippen molar-refractivity contribution in [1.29, 1.82) is 0 Å². The molecule has 0 N–H and O–H groups in total. The lowest BCUT2D eigenvalue weighted by molar-refractivity contribution is 0.0631. The SMILES string of the molecule is CC1CCCCN1C(=O)c1cc2ccccc2oc1=O. The van der Waals surface area contributed by atoms with Crippen LogP contribution in [0.1, 0.15) is 36.5 Å². The van der Waals surface area contributed by atoms with Crippen molar-refractivity contribution in [3.05, 3.63) is 46.3 Å². The predicted octanol–water partition coefficient (Wildman–Crippen LogP) is 2.81. The van der Waals surface area contributed by atoms with Crippen molar-refractivity contribution in [2.24, 2.45) is 0 Å². The second-order valence-electron chi connectivity index (χ2n) is 5.33. The summed E-state index contributed by atoms with van der Waals surface area (Å²) in [4.78, 5) is 26.3. The summed E-state index contributed by atoms with van der Waals surface area (Å²) in [6.07, 6.45) is 3.12. The quantitative estimate of drug-likeness (QED) is 0.749. The summed E-state index contributed by atoms with van der Waals surface area (Å²) >= 11 is 0. The third-order valence-corrected chi connectivity index (χ3v) is 3.94. The van der Waals surface area contributed by atoms with Gasteiger partial charge in [-0.15, -0.1) is 0 Å². The second-order valence-corrected chi connectivity index (χ2v) is 5.33. The molecule has 0 spiro atoms. The van der Waals surface area contributed by atoms with E-state index in [9.17, 15) is 9.59 Å². The number of hydrogen-bond donors (Lipinski definition) is 0. The molecule has 0 aliphatic carbocycles. The highest BCUT2D eigenvalue weighted by Crippen LogP contribution is 2.20. The van der Waals surface area contributed by atoms with Gasteiger partial charge in [-0.25, -0.2) is 4.79 Å². The second kappa shape index (κ2) is 5.12. The van der Waals surface area contributed by atoms with E-state index in [1.54, 1.807) is 23.1 Å². The Labute approximate surface area is 117 Å². The van der Waals surface area contributed by atoms with Gasteiger partial charge in [0.25, 0.3) is 5.91 Å². The van der Waals surface area contributed by atoms with Gasteiger partial charge < -0.3 is 9.32 Å². The Kier molecular flexibility index (Phi) is 3.30. The molecule has 2 aromatic rings. The van der Waals surface area contributed by atoms with Crippen LogP contribution in [0.4, 0.5) is 0 Å². The van der Waals surface area contributed by atoms with Gasteiger partial charge in [0.2, 0.25) is 0 Å². The van der Waals surface area contributed by atoms with Crippen molar-refractivity contribution in [3.63, 3.8) is 0 Å². The summed E-state index contributed by atoms with van der Waals surface area (Å²) in [5.74, 6) is -0.211. The molecular weight excluding hydrogens is 254 g/mol. The number of carbonyl (C=O) groups excluding carboxylic acids is 1. The summed E-state index contributed by atoms with van der Waals surface area (Å²) in [6, 6.07) is 9.07. The van der Waals surface area contributed by atoms with Crippen molar-refractivity contribution in [2.45, 2.75) is 32.2 Å². The minimum absolute atomic E-state index is 0.137. The number of rotatable bonds is 1. The number of para-hydroxylation sites is 1. The molecular formula is C16H17NO3. The van der Waals surface area contributed by atoms with Gasteiger partial charge in [-0.1, -0.05) is 18.2 Å². The van der Waals surface area contributed by atoms with E-state index in [0.717, 1.165) is 24.6 Å². The first-order chi connectivity index (χ1) is 9.66. The van der Waals surface area contributed by atoms with Crippen LogP contribution < -0.4 is 5.63 Å². The lowest BCUT2D eigenvalue weighted by atomic mass is 10.0. The number of likely N-dealkylation sites (tertiary alicyclic amines) is 1. The molecule has 0 bridgehead atoms. The van der Waals surface area contributed by atoms with Crippen LogP contribution in [0.25, 0.3) is 11.0 Å². The Morgan fingerprint density at radius 2 is 2.10 bits per heavy atom. The molecule has 0 saturated carbocycles. The van der Waals surface area contributed by atoms with Crippen LogP contribution >= 0.6 is 0 Å². The van der Waals surface area contributed by atoms with E-state index in [0.29, 0.717) is 12.1 Å². The first-order valence-electron chi connectivity index (χ1n) is 7.00. The number of carbonyl (C=O) groups is 1. The van der Waals surface area contributed by atoms with Gasteiger partial charge in [-0.2, -0.15) is 0 Å². The Morgan fingerprint density at radius 3 is 2.90 bits per heavy atom. The van der Waals surface area contributed by atoms with E-state index >= 15 is 0 Å². The maximum Gasteiger partial charge on any atom is 0.349 e. The standard InChI is InChI=1S/C16H17NO3/c1-11-6-4-5-9-17(11)15(18)13-10-12-7-2-3-8-14(12)20-16(13)19/h2-3,7-8,10-11H,4-6,9H2,1H3. The molecule has 0 radical (unpaired) electrons. The van der Waals surface area contributed by atoms with E-state index < -0.39 is 5.63 Å². The van der Waals surface area contributed by atoms with E-state index in [2.05, 4.69) is 0 Å². The average Bonchev–Trinajstić information content (AvgIpc) is 2.46. The Hall–Kier alpha value is -2.10. The Balaban J connectivity index is 2.02. The lowest BCUT2D eigenvalue weighted by Crippen LogP contribution is -2.43. The fourth-order valence-corrected chi connectivity index (χ4v) is 2.77. The largest absolute Gasteiger partial charge is 0.422 e. The average molecular weight is 271 g/mol. The Morgan fingerprint density at radius 1 is 1.30 bits per heavy atom. The summed E-state index contributed by atoms with van der Waals surface area (Å²) in [7, 11) is 0. The summed E-state index contributed by atoms with van der Waals surface area (Å²) in [5, 5.41) is 0.778. The monoisotopic (exact) mass is 271 g/mol. The molecule has 1 aliphatic heterocycles. The van der Waals surface area contributed by atoms with Gasteiger partial charge in [0.1, 0.15) is 11.1 Å². The van der Waals surface area contributed by atoms with Crippen molar-refractivity contribution >= 4 is 16.9 Å². The highest BCUT2D eigenvalue weighted by atomic mass is 16.4. The lowest BCUT2D eigenvalue weighted by Gasteiger charge is -2.33. The van der Waals surface area contributed by atoms with E-state index in [-0.39, 0.29) is 17.5 Å². The van der Waals surface area contributed by atoms with Crippen molar-refractivity contribution in [2.75, 3.05) is 6.54 Å². The zero-order valence-electron chi connectivity index (χ0n) is 11.5. The number of piperidine rings is 1. The molecule has 1 fully saturated rings. The van der Waals surface area contributed by atoms with Gasteiger partial charge in [-0.3, -0.25) is 4.79 Å². The van der Waals surface area contributed by atoms with Crippen LogP contribution in [-0.2, 0) is 0 Å². The molecule has 1 aromatic heterocycles. The van der Waals surface area contributed by atoms with Gasteiger partial charge in [0.15, 0.2) is 0 Å². The molecule has 1 unspecified atom stereocenters. The maximum atomic E-state index is 12.5. The van der Waals surface area contributed by atoms with Gasteiger partial charge in [0, 0.05) is 18.0 Å². The minimum Gasteiger partial charge on any atom is -0.422 e. The fraction of sp³-hybridized carbons (Fsp3) is 0.375. The molecule has 1 amide bonds. The Bertz CT molecular complexity index is 704. The van der Waals surface area contributed by atoms with E-state index in [4.69, 9.17) is 4.42 Å². The van der Waals surface area contributed by atoms with Gasteiger partial charge in [0.05, 0.1) is 0 Å². The highest BCUT2D eigenvalue weighted by Gasteiger charge is 2.26. The van der Waals surface area contributed by atoms with Crippen molar-refractivity contribution < 1.29 is 9.21 Å². The van der Waals surface area contributed by atoms with Gasteiger partial charge in [-0.05, 0) is 38.3 Å². The highest BCUT2D eigenvalue weighted by molar-refractivity contribution is 5.96. The molecule has 1 aromatic carbocycles. The molecule has 1 atom stereocenters. The van der Waals surface area contributed by atoms with Crippen molar-refractivity contribution in [3.8, 4) is 0 Å². The summed E-state index contributed by atoms with van der Waals surface area (Å²) in [6.45, 7) is 2.74. The number of fused-ring (bicyclic) bond motifs is 1. The van der Waals surface area contributed by atoms with Crippen LogP contribution in [0.3, 0.4) is 0 Å². The number of benzene rings is 1. The third kappa shape index (κ3) is 2.22. The zero-order valence-corrected chi connectivity index (χ0v) is 11.5. The molecule has 3 rings (SSSR count). The zero-order chi connectivity index (χ0) is 14.1. The molecule has 1 saturated heterocycles. The molecule has 104 valence electrons. The predicted molar refractivity (Wildman–Crippen MR) is 76.8 cm³/mol. The number of nitrogens with zero attached hydrogens (tertiary/aromatic N) is 1. The summed E-state index contributed by atoms with van der Waals surface area (Å²) < 4.78 is 5.24. The van der Waals surface area contributed by atoms with Crippen LogP contribution in [0, 0.1) is 0 Å². The maximum absolute atomic E-state index is 12.5. The van der Waals surface area contributed by atoms with Crippen LogP contribution in [0.15, 0.2) is 39.5 Å². The van der Waals surface area contributed by atoms with E-state index in [1.165, 1.54) is 0 Å². The van der Waals surface area contributed by atoms with E-state index in [1.807, 2.05) is 19.1 Å². The fourth-order valence-electron chi connectivity index (χ4n) is 2.77. The third-order valence-electron chi connectivity index (χ3n) is 3.94. The molecule has 1 aliphatic rings. The molecule has 2 heterocycles. The van der Waals surface area contributed by atoms with Crippen molar-refractivity contribution in [1.82, 2.24) is 4.90 Å². The first-order valence-corrected chi connectivity index (χ1v) is 7.00. The minimum atomic E-state index is -0.550. The van der Waals surface area contributed by atoms with Crippen LogP contribution in [0.5, 0.6) is 0 Å². The number of amides is 1. The smallest absolute Gasteiger partial charge is 0.349 e. The summed E-state index contributed by atoms with van der Waals surface area (Å²) in [5.41, 5.74) is 0.102. The van der Waals surface area contributed by atoms with Crippen LogP contribution in [-0.4, -0.2) is 23.4 Å². The number of hydrogen-bond acceptors (Lipinski definition) is 3. The molecule has 4 nitrogen and oxygen atoms in total. The molecule has 4 heteroatoms. The topological polar surface area (TPSA) is 50.5 Å². The normalized spacial score (nSPS) is 19.2. The van der Waals surface area contributed by atoms with Gasteiger partial charge >= 0.3 is 5.63 Å².